The second-order valence-electron chi connectivity index (χ2n) is 6.04. The highest BCUT2D eigenvalue weighted by atomic mass is 32.2. The van der Waals surface area contributed by atoms with Crippen LogP contribution in [0.25, 0.3) is 0 Å². The molecule has 3 heterocycles. The van der Waals surface area contributed by atoms with Crippen LogP contribution in [0, 0.1) is 0 Å². The van der Waals surface area contributed by atoms with E-state index in [1.54, 1.807) is 4.90 Å². The van der Waals surface area contributed by atoms with Gasteiger partial charge >= 0.3 is 5.97 Å². The van der Waals surface area contributed by atoms with Gasteiger partial charge in [-0.25, -0.2) is 13.2 Å². The quantitative estimate of drug-likeness (QED) is 0.820. The van der Waals surface area contributed by atoms with Crippen LogP contribution in [-0.2, 0) is 19.6 Å². The van der Waals surface area contributed by atoms with Crippen molar-refractivity contribution in [2.75, 3.05) is 32.8 Å². The third kappa shape index (κ3) is 3.86. The predicted octanol–water partition coefficient (Wildman–Crippen LogP) is 0.848. The molecule has 2 aliphatic rings. The van der Waals surface area contributed by atoms with Crippen molar-refractivity contribution in [2.45, 2.75) is 29.6 Å². The SMILES string of the molecule is O=C(O)c1csc(S(=O)(=O)N2CCN(C(=O)C3CCCCO3)CC2)c1. The summed E-state index contributed by atoms with van der Waals surface area (Å²) in [6.45, 7) is 1.61. The Kier molecular flexibility index (Phi) is 5.42. The fourth-order valence-electron chi connectivity index (χ4n) is 2.98. The highest BCUT2D eigenvalue weighted by Gasteiger charge is 2.34. The Morgan fingerprint density at radius 3 is 2.48 bits per heavy atom. The van der Waals surface area contributed by atoms with E-state index in [9.17, 15) is 18.0 Å². The molecular weight excluding hydrogens is 368 g/mol. The van der Waals surface area contributed by atoms with Crippen molar-refractivity contribution in [1.29, 1.82) is 0 Å². The van der Waals surface area contributed by atoms with Gasteiger partial charge in [0.2, 0.25) is 0 Å². The van der Waals surface area contributed by atoms with Gasteiger partial charge < -0.3 is 14.7 Å². The minimum absolute atomic E-state index is 0.0142. The molecule has 2 saturated heterocycles. The molecule has 2 aliphatic heterocycles. The Hall–Kier alpha value is -1.49. The molecule has 1 amide bonds. The number of piperazine rings is 1. The number of nitrogens with zero attached hydrogens (tertiary/aromatic N) is 2. The van der Waals surface area contributed by atoms with Crippen molar-refractivity contribution in [2.24, 2.45) is 0 Å². The predicted molar refractivity (Wildman–Crippen MR) is 90.2 cm³/mol. The van der Waals surface area contributed by atoms with Crippen LogP contribution in [0.15, 0.2) is 15.7 Å². The van der Waals surface area contributed by atoms with E-state index in [1.165, 1.54) is 15.8 Å². The number of carboxylic acid groups (broad SMARTS) is 1. The van der Waals surface area contributed by atoms with E-state index in [2.05, 4.69) is 0 Å². The molecule has 3 rings (SSSR count). The van der Waals surface area contributed by atoms with Gasteiger partial charge in [-0.3, -0.25) is 4.79 Å². The van der Waals surface area contributed by atoms with E-state index in [0.29, 0.717) is 26.1 Å². The first-order valence-electron chi connectivity index (χ1n) is 8.12. The lowest BCUT2D eigenvalue weighted by molar-refractivity contribution is -0.147. The normalized spacial score (nSPS) is 22.7. The number of rotatable bonds is 4. The first-order valence-corrected chi connectivity index (χ1v) is 10.4. The molecule has 2 fully saturated rings. The number of sulfonamides is 1. The summed E-state index contributed by atoms with van der Waals surface area (Å²) in [6.07, 6.45) is 2.24. The zero-order valence-corrected chi connectivity index (χ0v) is 15.2. The van der Waals surface area contributed by atoms with Crippen molar-refractivity contribution in [3.63, 3.8) is 0 Å². The van der Waals surface area contributed by atoms with Crippen LogP contribution < -0.4 is 0 Å². The van der Waals surface area contributed by atoms with Crippen molar-refractivity contribution < 1.29 is 27.9 Å². The summed E-state index contributed by atoms with van der Waals surface area (Å²) < 4.78 is 32.1. The standard InChI is InChI=1S/C15H20N2O6S2/c18-14(12-3-1-2-8-23-12)16-4-6-17(7-5-16)25(21,22)13-9-11(10-24-13)15(19)20/h9-10,12H,1-8H2,(H,19,20). The van der Waals surface area contributed by atoms with Gasteiger partial charge in [0.1, 0.15) is 10.3 Å². The average molecular weight is 388 g/mol. The third-order valence-electron chi connectivity index (χ3n) is 4.42. The zero-order valence-electron chi connectivity index (χ0n) is 13.6. The molecule has 138 valence electrons. The summed E-state index contributed by atoms with van der Waals surface area (Å²) in [6, 6.07) is 1.18. The van der Waals surface area contributed by atoms with E-state index >= 15 is 0 Å². The molecule has 25 heavy (non-hydrogen) atoms. The number of ether oxygens (including phenoxy) is 1. The van der Waals surface area contributed by atoms with Crippen LogP contribution in [0.2, 0.25) is 0 Å². The number of carbonyl (C=O) groups excluding carboxylic acids is 1. The first-order chi connectivity index (χ1) is 11.9. The summed E-state index contributed by atoms with van der Waals surface area (Å²) in [5, 5.41) is 10.3. The fourth-order valence-corrected chi connectivity index (χ4v) is 5.71. The Morgan fingerprint density at radius 1 is 1.20 bits per heavy atom. The third-order valence-corrected chi connectivity index (χ3v) is 7.74. The van der Waals surface area contributed by atoms with Crippen molar-refractivity contribution in [3.05, 3.63) is 17.0 Å². The van der Waals surface area contributed by atoms with E-state index in [4.69, 9.17) is 9.84 Å². The van der Waals surface area contributed by atoms with Crippen molar-refractivity contribution in [1.82, 2.24) is 9.21 Å². The van der Waals surface area contributed by atoms with Gasteiger partial charge in [0.25, 0.3) is 15.9 Å². The lowest BCUT2D eigenvalue weighted by Gasteiger charge is -2.36. The molecule has 10 heteroatoms. The molecule has 8 nitrogen and oxygen atoms in total. The van der Waals surface area contributed by atoms with Gasteiger partial charge in [-0.15, -0.1) is 11.3 Å². The van der Waals surface area contributed by atoms with Crippen LogP contribution in [-0.4, -0.2) is 73.5 Å². The van der Waals surface area contributed by atoms with Gasteiger partial charge in [-0.2, -0.15) is 4.31 Å². The molecule has 1 aromatic rings. The van der Waals surface area contributed by atoms with Gasteiger partial charge in [0, 0.05) is 38.2 Å². The van der Waals surface area contributed by atoms with Crippen LogP contribution in [0.4, 0.5) is 0 Å². The molecule has 1 aromatic heterocycles. The van der Waals surface area contributed by atoms with E-state index in [-0.39, 0.29) is 28.8 Å². The van der Waals surface area contributed by atoms with Crippen molar-refractivity contribution in [3.8, 4) is 0 Å². The number of hydrogen-bond acceptors (Lipinski definition) is 6. The molecule has 1 N–H and O–H groups in total. The molecule has 0 aromatic carbocycles. The van der Waals surface area contributed by atoms with Gasteiger partial charge in [0.15, 0.2) is 0 Å². The molecule has 0 aliphatic carbocycles. The highest BCUT2D eigenvalue weighted by molar-refractivity contribution is 7.91. The summed E-state index contributed by atoms with van der Waals surface area (Å²) in [5.74, 6) is -1.22. The maximum atomic E-state index is 12.6. The average Bonchev–Trinajstić information content (AvgIpc) is 3.13. The molecule has 0 radical (unpaired) electrons. The van der Waals surface area contributed by atoms with Gasteiger partial charge in [0.05, 0.1) is 5.56 Å². The second kappa shape index (κ2) is 7.40. The fraction of sp³-hybridized carbons (Fsp3) is 0.600. The largest absolute Gasteiger partial charge is 0.478 e. The molecule has 1 unspecified atom stereocenters. The highest BCUT2D eigenvalue weighted by Crippen LogP contribution is 2.25. The Balaban J connectivity index is 1.62. The molecule has 0 saturated carbocycles. The second-order valence-corrected chi connectivity index (χ2v) is 9.12. The van der Waals surface area contributed by atoms with Crippen molar-refractivity contribution >= 4 is 33.2 Å². The van der Waals surface area contributed by atoms with Crippen LogP contribution in [0.5, 0.6) is 0 Å². The lowest BCUT2D eigenvalue weighted by atomic mass is 10.1. The maximum Gasteiger partial charge on any atom is 0.336 e. The number of amides is 1. The van der Waals surface area contributed by atoms with E-state index < -0.39 is 22.1 Å². The molecule has 0 spiro atoms. The van der Waals surface area contributed by atoms with E-state index in [0.717, 1.165) is 24.2 Å². The minimum Gasteiger partial charge on any atom is -0.478 e. The molecule has 0 bridgehead atoms. The number of carboxylic acids is 1. The minimum atomic E-state index is -3.73. The van der Waals surface area contributed by atoms with E-state index in [1.807, 2.05) is 0 Å². The lowest BCUT2D eigenvalue weighted by Crippen LogP contribution is -2.53. The first kappa shape index (κ1) is 18.3. The summed E-state index contributed by atoms with van der Waals surface area (Å²) in [4.78, 5) is 25.0. The number of hydrogen-bond donors (Lipinski definition) is 1. The monoisotopic (exact) mass is 388 g/mol. The zero-order chi connectivity index (χ0) is 18.0. The maximum absolute atomic E-state index is 12.6. The number of thiophene rings is 1. The van der Waals surface area contributed by atoms with Crippen LogP contribution >= 0.6 is 11.3 Å². The summed E-state index contributed by atoms with van der Waals surface area (Å²) >= 11 is 0.897. The number of carbonyl (C=O) groups is 2. The Labute approximate surface area is 150 Å². The molecule has 1 atom stereocenters. The Bertz CT molecular complexity index is 746. The Morgan fingerprint density at radius 2 is 1.92 bits per heavy atom. The van der Waals surface area contributed by atoms with Crippen LogP contribution in [0.3, 0.4) is 0 Å². The summed E-state index contributed by atoms with van der Waals surface area (Å²) in [5.41, 5.74) is -0.0353. The van der Waals surface area contributed by atoms with Gasteiger partial charge in [-0.1, -0.05) is 0 Å². The van der Waals surface area contributed by atoms with Gasteiger partial charge in [-0.05, 0) is 25.3 Å². The topological polar surface area (TPSA) is 104 Å². The summed E-state index contributed by atoms with van der Waals surface area (Å²) in [7, 11) is -3.73. The smallest absolute Gasteiger partial charge is 0.336 e. The molecular formula is C15H20N2O6S2. The van der Waals surface area contributed by atoms with Crippen LogP contribution in [0.1, 0.15) is 29.6 Å². The number of aromatic carboxylic acids is 1.